The predicted molar refractivity (Wildman–Crippen MR) is 107 cm³/mol. The van der Waals surface area contributed by atoms with Crippen LogP contribution >= 0.6 is 0 Å². The van der Waals surface area contributed by atoms with Gasteiger partial charge in [-0.2, -0.15) is 17.5 Å². The summed E-state index contributed by atoms with van der Waals surface area (Å²) in [6, 6.07) is 8.66. The summed E-state index contributed by atoms with van der Waals surface area (Å²) >= 11 is 0. The second-order valence-corrected chi connectivity index (χ2v) is 9.21. The van der Waals surface area contributed by atoms with Crippen molar-refractivity contribution in [2.24, 2.45) is 0 Å². The number of halogens is 4. The van der Waals surface area contributed by atoms with E-state index in [-0.39, 0.29) is 23.8 Å². The topological polar surface area (TPSA) is 40.6 Å². The standard InChI is InChI=1S/C21H24F4N2O2S/c1-2-3-11-26-13-14-27(12-10-16-4-7-18(22)8-5-16)30(28,29)20-15-17(21(23,24)25)6-9-19(20)26/h4-9,15H,2-3,10-14H2,1H3. The van der Waals surface area contributed by atoms with E-state index in [1.54, 1.807) is 12.1 Å². The molecule has 0 bridgehead atoms. The molecule has 1 aliphatic rings. The normalized spacial score (nSPS) is 16.9. The first kappa shape index (κ1) is 22.6. The molecule has 1 aliphatic heterocycles. The van der Waals surface area contributed by atoms with Crippen molar-refractivity contribution in [3.63, 3.8) is 0 Å². The number of nitrogens with zero attached hydrogens (tertiary/aromatic N) is 2. The Balaban J connectivity index is 1.95. The first-order valence-corrected chi connectivity index (χ1v) is 11.3. The van der Waals surface area contributed by atoms with Gasteiger partial charge in [0.15, 0.2) is 0 Å². The summed E-state index contributed by atoms with van der Waals surface area (Å²) in [6.07, 6.45) is -2.61. The molecule has 3 rings (SSSR count). The van der Waals surface area contributed by atoms with Gasteiger partial charge in [-0.1, -0.05) is 25.5 Å². The summed E-state index contributed by atoms with van der Waals surface area (Å²) in [5, 5.41) is 0. The predicted octanol–water partition coefficient (Wildman–Crippen LogP) is 4.70. The summed E-state index contributed by atoms with van der Waals surface area (Å²) in [7, 11) is -4.12. The van der Waals surface area contributed by atoms with E-state index >= 15 is 0 Å². The third-order valence-corrected chi connectivity index (χ3v) is 7.14. The molecule has 0 saturated heterocycles. The Labute approximate surface area is 174 Å². The Morgan fingerprint density at radius 3 is 2.33 bits per heavy atom. The fourth-order valence-electron chi connectivity index (χ4n) is 3.49. The SMILES string of the molecule is CCCCN1CCN(CCc2ccc(F)cc2)S(=O)(=O)c2cc(C(F)(F)F)ccc21. The number of fused-ring (bicyclic) bond motifs is 1. The highest BCUT2D eigenvalue weighted by Gasteiger charge is 2.37. The minimum Gasteiger partial charge on any atom is -0.369 e. The Morgan fingerprint density at radius 2 is 1.70 bits per heavy atom. The van der Waals surface area contributed by atoms with Gasteiger partial charge in [0.2, 0.25) is 10.0 Å². The van der Waals surface area contributed by atoms with Gasteiger partial charge in [0, 0.05) is 26.2 Å². The number of rotatable bonds is 6. The first-order valence-electron chi connectivity index (χ1n) is 9.83. The van der Waals surface area contributed by atoms with Crippen LogP contribution in [0, 0.1) is 5.82 Å². The maximum Gasteiger partial charge on any atom is 0.416 e. The Kier molecular flexibility index (Phi) is 6.71. The van der Waals surface area contributed by atoms with Crippen LogP contribution in [0.1, 0.15) is 30.9 Å². The van der Waals surface area contributed by atoms with E-state index in [9.17, 15) is 26.0 Å². The van der Waals surface area contributed by atoms with Crippen LogP contribution in [0.15, 0.2) is 47.4 Å². The van der Waals surface area contributed by atoms with E-state index in [4.69, 9.17) is 0 Å². The average molecular weight is 444 g/mol. The molecule has 30 heavy (non-hydrogen) atoms. The Morgan fingerprint density at radius 1 is 1.00 bits per heavy atom. The lowest BCUT2D eigenvalue weighted by molar-refractivity contribution is -0.137. The number of benzene rings is 2. The van der Waals surface area contributed by atoms with Gasteiger partial charge in [0.25, 0.3) is 0 Å². The molecule has 0 aliphatic carbocycles. The molecule has 0 atom stereocenters. The van der Waals surface area contributed by atoms with Gasteiger partial charge in [0.1, 0.15) is 10.7 Å². The van der Waals surface area contributed by atoms with Gasteiger partial charge in [-0.3, -0.25) is 0 Å². The zero-order valence-corrected chi connectivity index (χ0v) is 17.4. The van der Waals surface area contributed by atoms with Crippen molar-refractivity contribution in [1.82, 2.24) is 4.31 Å². The minimum absolute atomic E-state index is 0.102. The molecule has 0 radical (unpaired) electrons. The van der Waals surface area contributed by atoms with Crippen LogP contribution in [-0.2, 0) is 22.6 Å². The van der Waals surface area contributed by atoms with Crippen molar-refractivity contribution in [2.45, 2.75) is 37.3 Å². The molecular formula is C21H24F4N2O2S. The molecule has 4 nitrogen and oxygen atoms in total. The molecule has 0 spiro atoms. The summed E-state index contributed by atoms with van der Waals surface area (Å²) in [5.74, 6) is -0.388. The van der Waals surface area contributed by atoms with Gasteiger partial charge < -0.3 is 4.90 Å². The molecule has 164 valence electrons. The van der Waals surface area contributed by atoms with E-state index in [2.05, 4.69) is 0 Å². The van der Waals surface area contributed by atoms with Gasteiger partial charge in [-0.15, -0.1) is 0 Å². The highest BCUT2D eigenvalue weighted by atomic mass is 32.2. The molecule has 0 amide bonds. The number of anilines is 1. The highest BCUT2D eigenvalue weighted by Crippen LogP contribution is 2.37. The van der Waals surface area contributed by atoms with Crippen LogP contribution in [0.5, 0.6) is 0 Å². The van der Waals surface area contributed by atoms with E-state index in [0.717, 1.165) is 30.5 Å². The van der Waals surface area contributed by atoms with E-state index in [0.29, 0.717) is 25.2 Å². The molecule has 0 aromatic heterocycles. The summed E-state index contributed by atoms with van der Waals surface area (Å²) in [4.78, 5) is 1.53. The van der Waals surface area contributed by atoms with Gasteiger partial charge in [-0.05, 0) is 48.7 Å². The quantitative estimate of drug-likeness (QED) is 0.607. The smallest absolute Gasteiger partial charge is 0.369 e. The minimum atomic E-state index is -4.63. The second-order valence-electron chi connectivity index (χ2n) is 7.30. The molecule has 0 N–H and O–H groups in total. The number of sulfonamides is 1. The summed E-state index contributed by atoms with van der Waals surface area (Å²) in [5.41, 5.74) is 0.0735. The number of unbranched alkanes of at least 4 members (excludes halogenated alkanes) is 1. The number of hydrogen-bond acceptors (Lipinski definition) is 3. The van der Waals surface area contributed by atoms with Crippen LogP contribution in [0.25, 0.3) is 0 Å². The van der Waals surface area contributed by atoms with Crippen molar-refractivity contribution in [2.75, 3.05) is 31.1 Å². The molecular weight excluding hydrogens is 420 g/mol. The molecule has 0 saturated carbocycles. The summed E-state index contributed by atoms with van der Waals surface area (Å²) < 4.78 is 80.6. The van der Waals surface area contributed by atoms with Gasteiger partial charge in [0.05, 0.1) is 11.3 Å². The Bertz CT molecular complexity index is 975. The zero-order chi connectivity index (χ0) is 21.9. The first-order chi connectivity index (χ1) is 14.1. The van der Waals surface area contributed by atoms with Gasteiger partial charge in [-0.25, -0.2) is 12.8 Å². The van der Waals surface area contributed by atoms with Crippen molar-refractivity contribution in [3.8, 4) is 0 Å². The summed E-state index contributed by atoms with van der Waals surface area (Å²) in [6.45, 7) is 3.23. The molecule has 2 aromatic rings. The zero-order valence-electron chi connectivity index (χ0n) is 16.6. The lowest BCUT2D eigenvalue weighted by Gasteiger charge is -2.24. The monoisotopic (exact) mass is 444 g/mol. The fourth-order valence-corrected chi connectivity index (χ4v) is 5.16. The van der Waals surface area contributed by atoms with Crippen molar-refractivity contribution in [3.05, 3.63) is 59.4 Å². The maximum atomic E-state index is 13.3. The third kappa shape index (κ3) is 4.95. The lowest BCUT2D eigenvalue weighted by Crippen LogP contribution is -2.36. The van der Waals surface area contributed by atoms with Crippen LogP contribution in [0.2, 0.25) is 0 Å². The van der Waals surface area contributed by atoms with Gasteiger partial charge >= 0.3 is 6.18 Å². The number of alkyl halides is 3. The van der Waals surface area contributed by atoms with E-state index in [1.807, 2.05) is 11.8 Å². The van der Waals surface area contributed by atoms with Crippen molar-refractivity contribution < 1.29 is 26.0 Å². The molecule has 0 fully saturated rings. The fraction of sp³-hybridized carbons (Fsp3) is 0.429. The maximum absolute atomic E-state index is 13.3. The van der Waals surface area contributed by atoms with E-state index < -0.39 is 21.8 Å². The Hall–Kier alpha value is -2.13. The molecule has 9 heteroatoms. The average Bonchev–Trinajstić information content (AvgIpc) is 2.79. The van der Waals surface area contributed by atoms with Crippen LogP contribution < -0.4 is 4.90 Å². The highest BCUT2D eigenvalue weighted by molar-refractivity contribution is 7.89. The second kappa shape index (κ2) is 8.93. The molecule has 2 aromatic carbocycles. The number of hydrogen-bond donors (Lipinski definition) is 0. The lowest BCUT2D eigenvalue weighted by atomic mass is 10.1. The molecule has 0 unspecified atom stereocenters. The van der Waals surface area contributed by atoms with E-state index in [1.165, 1.54) is 22.5 Å². The molecule has 1 heterocycles. The third-order valence-electron chi connectivity index (χ3n) is 5.21. The van der Waals surface area contributed by atoms with Crippen LogP contribution in [0.4, 0.5) is 23.2 Å². The van der Waals surface area contributed by atoms with Crippen molar-refractivity contribution in [1.29, 1.82) is 0 Å². The van der Waals surface area contributed by atoms with Crippen LogP contribution in [0.3, 0.4) is 0 Å². The van der Waals surface area contributed by atoms with Crippen LogP contribution in [-0.4, -0.2) is 38.9 Å². The van der Waals surface area contributed by atoms with Crippen molar-refractivity contribution >= 4 is 15.7 Å². The largest absolute Gasteiger partial charge is 0.416 e.